The smallest absolute Gasteiger partial charge is 0.0417 e. The van der Waals surface area contributed by atoms with Crippen molar-refractivity contribution in [1.29, 1.82) is 0 Å². The van der Waals surface area contributed by atoms with Crippen LogP contribution in [-0.2, 0) is 6.54 Å². The van der Waals surface area contributed by atoms with E-state index in [0.717, 1.165) is 28.5 Å². The standard InChI is InChI=1S/C14H20BrClN2.ClH/c1-17-8-11-3-2-6-18(9-11)10-12-4-5-13(16)7-14(12)15;/h4-5,7,11,17H,2-3,6,8-10H2,1H3;1H. The number of nitrogens with one attached hydrogen (secondary N) is 1. The summed E-state index contributed by atoms with van der Waals surface area (Å²) in [6.45, 7) is 4.53. The highest BCUT2D eigenvalue weighted by Gasteiger charge is 2.19. The zero-order chi connectivity index (χ0) is 13.0. The number of nitrogens with zero attached hydrogens (tertiary/aromatic N) is 1. The maximum atomic E-state index is 5.97. The minimum atomic E-state index is 0. The molecule has 2 nitrogen and oxygen atoms in total. The van der Waals surface area contributed by atoms with Crippen LogP contribution in [0.3, 0.4) is 0 Å². The number of benzene rings is 1. The van der Waals surface area contributed by atoms with E-state index in [4.69, 9.17) is 11.6 Å². The molecule has 0 spiro atoms. The summed E-state index contributed by atoms with van der Waals surface area (Å²) in [4.78, 5) is 2.54. The van der Waals surface area contributed by atoms with Crippen LogP contribution >= 0.6 is 39.9 Å². The molecule has 19 heavy (non-hydrogen) atoms. The summed E-state index contributed by atoms with van der Waals surface area (Å²) in [6, 6.07) is 6.07. The lowest BCUT2D eigenvalue weighted by atomic mass is 9.97. The Balaban J connectivity index is 0.00000180. The number of hydrogen-bond acceptors (Lipinski definition) is 2. The van der Waals surface area contributed by atoms with Crippen molar-refractivity contribution in [3.05, 3.63) is 33.3 Å². The molecule has 0 aliphatic carbocycles. The van der Waals surface area contributed by atoms with Gasteiger partial charge in [-0.1, -0.05) is 33.6 Å². The summed E-state index contributed by atoms with van der Waals surface area (Å²) in [5, 5.41) is 4.08. The summed E-state index contributed by atoms with van der Waals surface area (Å²) in [5.41, 5.74) is 1.32. The van der Waals surface area contributed by atoms with E-state index in [0.29, 0.717) is 0 Å². The Morgan fingerprint density at radius 3 is 2.95 bits per heavy atom. The van der Waals surface area contributed by atoms with Crippen LogP contribution < -0.4 is 5.32 Å². The van der Waals surface area contributed by atoms with E-state index >= 15 is 0 Å². The minimum Gasteiger partial charge on any atom is -0.319 e. The van der Waals surface area contributed by atoms with E-state index in [9.17, 15) is 0 Å². The van der Waals surface area contributed by atoms with Crippen molar-refractivity contribution in [2.45, 2.75) is 19.4 Å². The molecule has 0 amide bonds. The summed E-state index contributed by atoms with van der Waals surface area (Å²) < 4.78 is 1.12. The fraction of sp³-hybridized carbons (Fsp3) is 0.571. The molecule has 1 fully saturated rings. The predicted octanol–water partition coefficient (Wildman–Crippen LogP) is 3.96. The molecule has 1 aliphatic heterocycles. The maximum Gasteiger partial charge on any atom is 0.0417 e. The molecule has 1 N–H and O–H groups in total. The highest BCUT2D eigenvalue weighted by molar-refractivity contribution is 9.10. The fourth-order valence-corrected chi connectivity index (χ4v) is 3.45. The number of halogens is 3. The van der Waals surface area contributed by atoms with Crippen molar-refractivity contribution < 1.29 is 0 Å². The summed E-state index contributed by atoms with van der Waals surface area (Å²) in [5.74, 6) is 0.787. The second-order valence-corrected chi connectivity index (χ2v) is 6.33. The molecule has 1 atom stereocenters. The first-order valence-corrected chi connectivity index (χ1v) is 7.67. The van der Waals surface area contributed by atoms with E-state index in [-0.39, 0.29) is 12.4 Å². The predicted molar refractivity (Wildman–Crippen MR) is 88.3 cm³/mol. The Hall–Kier alpha value is 0.200. The van der Waals surface area contributed by atoms with Gasteiger partial charge in [0, 0.05) is 22.6 Å². The van der Waals surface area contributed by atoms with Gasteiger partial charge >= 0.3 is 0 Å². The van der Waals surface area contributed by atoms with Crippen molar-refractivity contribution in [1.82, 2.24) is 10.2 Å². The van der Waals surface area contributed by atoms with Gasteiger partial charge in [-0.05, 0) is 56.6 Å². The molecule has 0 saturated carbocycles. The average molecular weight is 368 g/mol. The van der Waals surface area contributed by atoms with Crippen molar-refractivity contribution in [3.8, 4) is 0 Å². The molecule has 0 radical (unpaired) electrons. The Labute approximate surface area is 135 Å². The lowest BCUT2D eigenvalue weighted by molar-refractivity contribution is 0.166. The third-order valence-corrected chi connectivity index (χ3v) is 4.48. The summed E-state index contributed by atoms with van der Waals surface area (Å²) in [7, 11) is 2.04. The average Bonchev–Trinajstić information content (AvgIpc) is 2.34. The molecule has 1 aromatic carbocycles. The normalized spacial score (nSPS) is 20.1. The molecular weight excluding hydrogens is 347 g/mol. The third-order valence-electron chi connectivity index (χ3n) is 3.50. The van der Waals surface area contributed by atoms with E-state index in [2.05, 4.69) is 32.2 Å². The van der Waals surface area contributed by atoms with Gasteiger partial charge in [-0.2, -0.15) is 0 Å². The molecule has 0 bridgehead atoms. The third kappa shape index (κ3) is 5.24. The SMILES string of the molecule is CNCC1CCCN(Cc2ccc(Cl)cc2Br)C1.Cl. The van der Waals surface area contributed by atoms with Gasteiger partial charge in [-0.3, -0.25) is 4.90 Å². The van der Waals surface area contributed by atoms with Gasteiger partial charge in [0.05, 0.1) is 0 Å². The van der Waals surface area contributed by atoms with Crippen LogP contribution in [0, 0.1) is 5.92 Å². The first-order valence-electron chi connectivity index (χ1n) is 6.50. The lowest BCUT2D eigenvalue weighted by Crippen LogP contribution is -2.38. The Bertz CT molecular complexity index is 399. The van der Waals surface area contributed by atoms with Gasteiger partial charge in [-0.15, -0.1) is 12.4 Å². The second-order valence-electron chi connectivity index (χ2n) is 5.04. The molecule has 108 valence electrons. The second kappa shape index (κ2) is 8.48. The number of piperidine rings is 1. The van der Waals surface area contributed by atoms with Crippen molar-refractivity contribution in [2.24, 2.45) is 5.92 Å². The zero-order valence-corrected chi connectivity index (χ0v) is 14.3. The van der Waals surface area contributed by atoms with E-state index < -0.39 is 0 Å². The summed E-state index contributed by atoms with van der Waals surface area (Å²) in [6.07, 6.45) is 2.65. The maximum absolute atomic E-state index is 5.97. The van der Waals surface area contributed by atoms with E-state index in [1.807, 2.05) is 19.2 Å². The monoisotopic (exact) mass is 366 g/mol. The van der Waals surface area contributed by atoms with Crippen molar-refractivity contribution in [2.75, 3.05) is 26.7 Å². The van der Waals surface area contributed by atoms with Crippen LogP contribution in [0.25, 0.3) is 0 Å². The van der Waals surface area contributed by atoms with E-state index in [1.165, 1.54) is 31.5 Å². The van der Waals surface area contributed by atoms with Crippen LogP contribution in [0.4, 0.5) is 0 Å². The first kappa shape index (κ1) is 17.3. The molecule has 0 aromatic heterocycles. The highest BCUT2D eigenvalue weighted by Crippen LogP contribution is 2.25. The minimum absolute atomic E-state index is 0. The molecule has 1 aromatic rings. The molecule has 1 heterocycles. The highest BCUT2D eigenvalue weighted by atomic mass is 79.9. The van der Waals surface area contributed by atoms with Crippen LogP contribution in [0.2, 0.25) is 5.02 Å². The largest absolute Gasteiger partial charge is 0.319 e. The van der Waals surface area contributed by atoms with Gasteiger partial charge in [-0.25, -0.2) is 0 Å². The molecule has 2 rings (SSSR count). The molecule has 5 heteroatoms. The van der Waals surface area contributed by atoms with Crippen LogP contribution in [0.5, 0.6) is 0 Å². The Kier molecular flexibility index (Phi) is 7.70. The van der Waals surface area contributed by atoms with Crippen LogP contribution in [-0.4, -0.2) is 31.6 Å². The molecule has 1 aliphatic rings. The Morgan fingerprint density at radius 1 is 1.47 bits per heavy atom. The fourth-order valence-electron chi connectivity index (χ4n) is 2.64. The van der Waals surface area contributed by atoms with Gasteiger partial charge in [0.15, 0.2) is 0 Å². The topological polar surface area (TPSA) is 15.3 Å². The number of rotatable bonds is 4. The quantitative estimate of drug-likeness (QED) is 0.866. The van der Waals surface area contributed by atoms with E-state index in [1.54, 1.807) is 0 Å². The van der Waals surface area contributed by atoms with Crippen molar-refractivity contribution >= 4 is 39.9 Å². The van der Waals surface area contributed by atoms with Gasteiger partial charge < -0.3 is 5.32 Å². The number of likely N-dealkylation sites (tertiary alicyclic amines) is 1. The molecule has 1 saturated heterocycles. The van der Waals surface area contributed by atoms with Crippen LogP contribution in [0.1, 0.15) is 18.4 Å². The lowest BCUT2D eigenvalue weighted by Gasteiger charge is -2.32. The molecule has 1 unspecified atom stereocenters. The molecular formula is C14H21BrCl2N2. The number of hydrogen-bond donors (Lipinski definition) is 1. The first-order chi connectivity index (χ1) is 8.69. The van der Waals surface area contributed by atoms with Crippen molar-refractivity contribution in [3.63, 3.8) is 0 Å². The van der Waals surface area contributed by atoms with Gasteiger partial charge in [0.25, 0.3) is 0 Å². The van der Waals surface area contributed by atoms with Gasteiger partial charge in [0.2, 0.25) is 0 Å². The summed E-state index contributed by atoms with van der Waals surface area (Å²) >= 11 is 9.57. The Morgan fingerprint density at radius 2 is 2.26 bits per heavy atom. The zero-order valence-electron chi connectivity index (χ0n) is 11.2. The van der Waals surface area contributed by atoms with Gasteiger partial charge in [0.1, 0.15) is 0 Å². The van der Waals surface area contributed by atoms with Crippen LogP contribution in [0.15, 0.2) is 22.7 Å².